The van der Waals surface area contributed by atoms with Gasteiger partial charge in [0.1, 0.15) is 10.6 Å². The average Bonchev–Trinajstić information content (AvgIpc) is 2.26. The van der Waals surface area contributed by atoms with Crippen LogP contribution in [0.2, 0.25) is 0 Å². The molecule has 0 heterocycles. The molecule has 0 atom stereocenters. The van der Waals surface area contributed by atoms with Crippen molar-refractivity contribution in [1.29, 1.82) is 0 Å². The Morgan fingerprint density at radius 1 is 1.44 bits per heavy atom. The molecule has 0 aliphatic rings. The van der Waals surface area contributed by atoms with Crippen LogP contribution in [0.4, 0.5) is 0 Å². The minimum atomic E-state index is -3.94. The van der Waals surface area contributed by atoms with Crippen LogP contribution < -0.4 is 10.1 Å². The van der Waals surface area contributed by atoms with Gasteiger partial charge in [-0.1, -0.05) is 0 Å². The van der Waals surface area contributed by atoms with Gasteiger partial charge in [-0.15, -0.1) is 0 Å². The zero-order valence-corrected chi connectivity index (χ0v) is 10.2. The Kier molecular flexibility index (Phi) is 3.77. The quantitative estimate of drug-likeness (QED) is 0.825. The largest absolute Gasteiger partial charge is 0.495 e. The normalized spacial score (nSPS) is 10.9. The lowest BCUT2D eigenvalue weighted by molar-refractivity contribution is 0.0963. The zero-order valence-electron chi connectivity index (χ0n) is 8.65. The lowest BCUT2D eigenvalue weighted by Crippen LogP contribution is -2.18. The molecular weight excluding hydrogens is 254 g/mol. The van der Waals surface area contributed by atoms with E-state index in [-0.39, 0.29) is 16.2 Å². The Hall–Kier alpha value is -1.27. The van der Waals surface area contributed by atoms with Gasteiger partial charge in [-0.2, -0.15) is 0 Å². The van der Waals surface area contributed by atoms with E-state index in [2.05, 4.69) is 5.32 Å². The van der Waals surface area contributed by atoms with E-state index >= 15 is 0 Å². The summed E-state index contributed by atoms with van der Waals surface area (Å²) in [6, 6.07) is 3.99. The molecule has 0 radical (unpaired) electrons. The van der Waals surface area contributed by atoms with Gasteiger partial charge in [0.2, 0.25) is 0 Å². The van der Waals surface area contributed by atoms with Crippen molar-refractivity contribution >= 4 is 25.6 Å². The molecule has 16 heavy (non-hydrogen) atoms. The summed E-state index contributed by atoms with van der Waals surface area (Å²) in [5.41, 5.74) is 0.197. The fourth-order valence-electron chi connectivity index (χ4n) is 1.15. The molecular formula is C9H10ClNO4S. The highest BCUT2D eigenvalue weighted by Gasteiger charge is 2.18. The van der Waals surface area contributed by atoms with Crippen molar-refractivity contribution in [3.8, 4) is 5.75 Å². The van der Waals surface area contributed by atoms with Gasteiger partial charge in [-0.3, -0.25) is 4.79 Å². The van der Waals surface area contributed by atoms with Gasteiger partial charge in [0.15, 0.2) is 0 Å². The van der Waals surface area contributed by atoms with Crippen LogP contribution in [-0.4, -0.2) is 28.5 Å². The molecule has 0 unspecified atom stereocenters. The first kappa shape index (κ1) is 12.8. The van der Waals surface area contributed by atoms with Crippen LogP contribution in [0.5, 0.6) is 5.75 Å². The highest BCUT2D eigenvalue weighted by Crippen LogP contribution is 2.27. The zero-order chi connectivity index (χ0) is 12.3. The number of methoxy groups -OCH3 is 1. The van der Waals surface area contributed by atoms with E-state index in [0.29, 0.717) is 0 Å². The molecule has 1 aromatic rings. The summed E-state index contributed by atoms with van der Waals surface area (Å²) < 4.78 is 27.3. The number of carbonyl (C=O) groups is 1. The van der Waals surface area contributed by atoms with Gasteiger partial charge in [-0.05, 0) is 18.2 Å². The summed E-state index contributed by atoms with van der Waals surface area (Å²) in [7, 11) is 4.05. The van der Waals surface area contributed by atoms with Crippen LogP contribution in [0.3, 0.4) is 0 Å². The lowest BCUT2D eigenvalue weighted by Gasteiger charge is -2.07. The number of carbonyl (C=O) groups excluding carboxylic acids is 1. The van der Waals surface area contributed by atoms with Crippen molar-refractivity contribution in [2.45, 2.75) is 4.90 Å². The third kappa shape index (κ3) is 2.65. The van der Waals surface area contributed by atoms with Crippen molar-refractivity contribution in [1.82, 2.24) is 5.32 Å². The molecule has 0 saturated heterocycles. The van der Waals surface area contributed by atoms with E-state index in [9.17, 15) is 13.2 Å². The summed E-state index contributed by atoms with van der Waals surface area (Å²) in [6.07, 6.45) is 0. The Labute approximate surface area is 97.8 Å². The molecule has 1 amide bonds. The van der Waals surface area contributed by atoms with Gasteiger partial charge in [0.25, 0.3) is 15.0 Å². The fraction of sp³-hybridized carbons (Fsp3) is 0.222. The van der Waals surface area contributed by atoms with Crippen molar-refractivity contribution in [3.63, 3.8) is 0 Å². The number of halogens is 1. The standard InChI is InChI=1S/C9H10ClNO4S/c1-11-9(12)6-3-4-7(15-2)8(5-6)16(10,13)14/h3-5H,1-2H3,(H,11,12). The molecule has 7 heteroatoms. The second kappa shape index (κ2) is 4.71. The van der Waals surface area contributed by atoms with E-state index in [1.165, 1.54) is 32.4 Å². The van der Waals surface area contributed by atoms with E-state index in [4.69, 9.17) is 15.4 Å². The average molecular weight is 264 g/mol. The van der Waals surface area contributed by atoms with Gasteiger partial charge < -0.3 is 10.1 Å². The summed E-state index contributed by atoms with van der Waals surface area (Å²) in [4.78, 5) is 11.1. The third-order valence-electron chi connectivity index (χ3n) is 1.92. The van der Waals surface area contributed by atoms with E-state index < -0.39 is 15.0 Å². The molecule has 0 spiro atoms. The highest BCUT2D eigenvalue weighted by atomic mass is 35.7. The summed E-state index contributed by atoms with van der Waals surface area (Å²) in [5.74, 6) is -0.299. The highest BCUT2D eigenvalue weighted by molar-refractivity contribution is 8.13. The predicted octanol–water partition coefficient (Wildman–Crippen LogP) is 0.982. The maximum absolute atomic E-state index is 11.3. The molecule has 0 aromatic heterocycles. The predicted molar refractivity (Wildman–Crippen MR) is 59.4 cm³/mol. The van der Waals surface area contributed by atoms with Crippen molar-refractivity contribution in [2.24, 2.45) is 0 Å². The fourth-order valence-corrected chi connectivity index (χ4v) is 2.17. The molecule has 0 fully saturated rings. The molecule has 1 rings (SSSR count). The molecule has 0 saturated carbocycles. The molecule has 1 aromatic carbocycles. The molecule has 1 N–H and O–H groups in total. The topological polar surface area (TPSA) is 72.5 Å². The maximum Gasteiger partial charge on any atom is 0.265 e. The third-order valence-corrected chi connectivity index (χ3v) is 3.26. The summed E-state index contributed by atoms with van der Waals surface area (Å²) >= 11 is 0. The van der Waals surface area contributed by atoms with E-state index in [1.807, 2.05) is 0 Å². The van der Waals surface area contributed by atoms with Crippen molar-refractivity contribution in [3.05, 3.63) is 23.8 Å². The molecule has 0 bridgehead atoms. The van der Waals surface area contributed by atoms with Gasteiger partial charge in [-0.25, -0.2) is 8.42 Å². The Balaban J connectivity index is 3.39. The monoisotopic (exact) mass is 263 g/mol. The van der Waals surface area contributed by atoms with Crippen LogP contribution in [0.15, 0.2) is 23.1 Å². The Morgan fingerprint density at radius 3 is 2.50 bits per heavy atom. The van der Waals surface area contributed by atoms with Gasteiger partial charge in [0, 0.05) is 23.3 Å². The summed E-state index contributed by atoms with van der Waals surface area (Å²) in [5, 5.41) is 2.38. The van der Waals surface area contributed by atoms with Crippen molar-refractivity contribution < 1.29 is 17.9 Å². The maximum atomic E-state index is 11.3. The molecule has 0 aliphatic carbocycles. The molecule has 88 valence electrons. The number of hydrogen-bond acceptors (Lipinski definition) is 4. The first-order valence-electron chi connectivity index (χ1n) is 4.25. The molecule has 0 aliphatic heterocycles. The number of nitrogens with one attached hydrogen (secondary N) is 1. The molecule has 5 nitrogen and oxygen atoms in total. The summed E-state index contributed by atoms with van der Waals surface area (Å²) in [6.45, 7) is 0. The SMILES string of the molecule is CNC(=O)c1ccc(OC)c(S(=O)(=O)Cl)c1. The lowest BCUT2D eigenvalue weighted by atomic mass is 10.2. The number of rotatable bonds is 3. The van der Waals surface area contributed by atoms with Crippen molar-refractivity contribution in [2.75, 3.05) is 14.2 Å². The van der Waals surface area contributed by atoms with Crippen LogP contribution in [-0.2, 0) is 9.05 Å². The van der Waals surface area contributed by atoms with Crippen LogP contribution >= 0.6 is 10.7 Å². The van der Waals surface area contributed by atoms with Crippen LogP contribution in [0.1, 0.15) is 10.4 Å². The minimum absolute atomic E-state index is 0.0997. The Morgan fingerprint density at radius 2 is 2.06 bits per heavy atom. The number of amides is 1. The number of hydrogen-bond donors (Lipinski definition) is 1. The smallest absolute Gasteiger partial charge is 0.265 e. The first-order chi connectivity index (χ1) is 7.40. The minimum Gasteiger partial charge on any atom is -0.495 e. The second-order valence-electron chi connectivity index (χ2n) is 2.88. The first-order valence-corrected chi connectivity index (χ1v) is 6.56. The van der Waals surface area contributed by atoms with Crippen LogP contribution in [0, 0.1) is 0 Å². The van der Waals surface area contributed by atoms with E-state index in [1.54, 1.807) is 0 Å². The van der Waals surface area contributed by atoms with Crippen LogP contribution in [0.25, 0.3) is 0 Å². The second-order valence-corrected chi connectivity index (χ2v) is 5.42. The number of ether oxygens (including phenoxy) is 1. The van der Waals surface area contributed by atoms with E-state index in [0.717, 1.165) is 0 Å². The Bertz CT molecular complexity index is 512. The number of benzene rings is 1. The van der Waals surface area contributed by atoms with Gasteiger partial charge >= 0.3 is 0 Å². The van der Waals surface area contributed by atoms with Gasteiger partial charge in [0.05, 0.1) is 7.11 Å².